The first-order chi connectivity index (χ1) is 12.7. The fourth-order valence-corrected chi connectivity index (χ4v) is 3.57. The van der Waals surface area contributed by atoms with Crippen molar-refractivity contribution in [1.82, 2.24) is 20.4 Å². The standard InChI is InChI=1S/C18H24N4O4/c23-17(10-14-18(24)20-4-3-19-14)22-7-5-21(6-8-22)11-13-1-2-15-16(9-13)26-12-25-15/h1-2,9,14,19H,3-8,10-12H2,(H,20,24)/t14-/m0/s1. The largest absolute Gasteiger partial charge is 0.454 e. The van der Waals surface area contributed by atoms with Crippen LogP contribution in [-0.4, -0.2) is 73.7 Å². The van der Waals surface area contributed by atoms with Gasteiger partial charge in [-0.2, -0.15) is 0 Å². The number of carbonyl (C=O) groups is 2. The molecule has 1 atom stereocenters. The lowest BCUT2D eigenvalue weighted by Gasteiger charge is -2.35. The van der Waals surface area contributed by atoms with Crippen molar-refractivity contribution in [1.29, 1.82) is 0 Å². The Morgan fingerprint density at radius 1 is 1.12 bits per heavy atom. The Bertz CT molecular complexity index is 688. The molecule has 140 valence electrons. The summed E-state index contributed by atoms with van der Waals surface area (Å²) in [6.07, 6.45) is 0.230. The van der Waals surface area contributed by atoms with Crippen LogP contribution in [0.2, 0.25) is 0 Å². The van der Waals surface area contributed by atoms with Gasteiger partial charge in [0.05, 0.1) is 12.5 Å². The van der Waals surface area contributed by atoms with Gasteiger partial charge in [-0.1, -0.05) is 6.07 Å². The molecule has 0 spiro atoms. The minimum absolute atomic E-state index is 0.0438. The van der Waals surface area contributed by atoms with Gasteiger partial charge in [0.25, 0.3) is 0 Å². The Kier molecular flexibility index (Phi) is 4.94. The third-order valence-electron chi connectivity index (χ3n) is 5.08. The zero-order chi connectivity index (χ0) is 17.9. The average molecular weight is 360 g/mol. The number of carbonyl (C=O) groups excluding carboxylic acids is 2. The molecular weight excluding hydrogens is 336 g/mol. The second-order valence-corrected chi connectivity index (χ2v) is 6.85. The molecule has 0 saturated carbocycles. The minimum Gasteiger partial charge on any atom is -0.454 e. The van der Waals surface area contributed by atoms with Gasteiger partial charge >= 0.3 is 0 Å². The van der Waals surface area contributed by atoms with Crippen LogP contribution < -0.4 is 20.1 Å². The summed E-state index contributed by atoms with van der Waals surface area (Å²) < 4.78 is 10.8. The van der Waals surface area contributed by atoms with E-state index in [4.69, 9.17) is 9.47 Å². The quantitative estimate of drug-likeness (QED) is 0.756. The Morgan fingerprint density at radius 2 is 1.92 bits per heavy atom. The number of nitrogens with one attached hydrogen (secondary N) is 2. The van der Waals surface area contributed by atoms with Crippen molar-refractivity contribution < 1.29 is 19.1 Å². The second kappa shape index (κ2) is 7.51. The van der Waals surface area contributed by atoms with E-state index in [0.29, 0.717) is 26.2 Å². The number of hydrogen-bond acceptors (Lipinski definition) is 6. The highest BCUT2D eigenvalue weighted by Gasteiger charge is 2.28. The van der Waals surface area contributed by atoms with Crippen molar-refractivity contribution in [3.63, 3.8) is 0 Å². The van der Waals surface area contributed by atoms with Gasteiger partial charge in [0.2, 0.25) is 18.6 Å². The van der Waals surface area contributed by atoms with Crippen LogP contribution in [0, 0.1) is 0 Å². The van der Waals surface area contributed by atoms with Crippen LogP contribution in [-0.2, 0) is 16.1 Å². The lowest BCUT2D eigenvalue weighted by Crippen LogP contribution is -2.55. The molecule has 1 aromatic carbocycles. The molecule has 8 nitrogen and oxygen atoms in total. The molecule has 0 unspecified atom stereocenters. The zero-order valence-electron chi connectivity index (χ0n) is 14.7. The van der Waals surface area contributed by atoms with Crippen molar-refractivity contribution in [2.75, 3.05) is 46.1 Å². The molecule has 0 radical (unpaired) electrons. The van der Waals surface area contributed by atoms with E-state index >= 15 is 0 Å². The number of ether oxygens (including phenoxy) is 2. The van der Waals surface area contributed by atoms with Gasteiger partial charge in [-0.05, 0) is 17.7 Å². The molecule has 4 rings (SSSR count). The molecule has 3 aliphatic rings. The molecule has 2 fully saturated rings. The maximum atomic E-state index is 12.5. The average Bonchev–Trinajstić information content (AvgIpc) is 3.12. The molecule has 26 heavy (non-hydrogen) atoms. The fourth-order valence-electron chi connectivity index (χ4n) is 3.57. The molecule has 2 amide bonds. The topological polar surface area (TPSA) is 83.1 Å². The van der Waals surface area contributed by atoms with Gasteiger partial charge < -0.3 is 25.0 Å². The molecule has 0 aliphatic carbocycles. The molecule has 0 bridgehead atoms. The molecule has 0 aromatic heterocycles. The molecule has 2 N–H and O–H groups in total. The number of amides is 2. The van der Waals surface area contributed by atoms with Crippen LogP contribution in [0.5, 0.6) is 11.5 Å². The van der Waals surface area contributed by atoms with Gasteiger partial charge in [-0.3, -0.25) is 14.5 Å². The van der Waals surface area contributed by atoms with Gasteiger partial charge in [-0.15, -0.1) is 0 Å². The number of fused-ring (bicyclic) bond motifs is 1. The van der Waals surface area contributed by atoms with Crippen LogP contribution in [0.1, 0.15) is 12.0 Å². The van der Waals surface area contributed by atoms with Gasteiger partial charge in [-0.25, -0.2) is 0 Å². The van der Waals surface area contributed by atoms with Gasteiger partial charge in [0, 0.05) is 45.8 Å². The highest BCUT2D eigenvalue weighted by Crippen LogP contribution is 2.32. The number of rotatable bonds is 4. The Balaban J connectivity index is 1.26. The molecule has 3 aliphatic heterocycles. The first kappa shape index (κ1) is 17.1. The normalized spacial score (nSPS) is 23.0. The Morgan fingerprint density at radius 3 is 2.73 bits per heavy atom. The fraction of sp³-hybridized carbons (Fsp3) is 0.556. The predicted octanol–water partition coefficient (Wildman–Crippen LogP) is -0.462. The number of hydrogen-bond donors (Lipinski definition) is 2. The second-order valence-electron chi connectivity index (χ2n) is 6.85. The van der Waals surface area contributed by atoms with E-state index in [1.807, 2.05) is 17.0 Å². The first-order valence-corrected chi connectivity index (χ1v) is 9.09. The molecular formula is C18H24N4O4. The number of piperazine rings is 2. The van der Waals surface area contributed by atoms with Gasteiger partial charge in [0.15, 0.2) is 11.5 Å². The third kappa shape index (κ3) is 3.76. The lowest BCUT2D eigenvalue weighted by atomic mass is 10.1. The van der Waals surface area contributed by atoms with Crippen LogP contribution in [0.3, 0.4) is 0 Å². The van der Waals surface area contributed by atoms with E-state index in [-0.39, 0.29) is 25.0 Å². The summed E-state index contributed by atoms with van der Waals surface area (Å²) >= 11 is 0. The molecule has 1 aromatic rings. The van der Waals surface area contributed by atoms with E-state index in [1.165, 1.54) is 5.56 Å². The van der Waals surface area contributed by atoms with Crippen LogP contribution in [0.25, 0.3) is 0 Å². The minimum atomic E-state index is -0.400. The molecule has 3 heterocycles. The number of benzene rings is 1. The van der Waals surface area contributed by atoms with Crippen LogP contribution in [0.15, 0.2) is 18.2 Å². The van der Waals surface area contributed by atoms with E-state index in [9.17, 15) is 9.59 Å². The van der Waals surface area contributed by atoms with E-state index < -0.39 is 6.04 Å². The summed E-state index contributed by atoms with van der Waals surface area (Å²) in [7, 11) is 0. The first-order valence-electron chi connectivity index (χ1n) is 9.09. The number of nitrogens with zero attached hydrogens (tertiary/aromatic N) is 2. The highest BCUT2D eigenvalue weighted by molar-refractivity contribution is 5.88. The summed E-state index contributed by atoms with van der Waals surface area (Å²) in [5.41, 5.74) is 1.18. The van der Waals surface area contributed by atoms with Crippen LogP contribution in [0.4, 0.5) is 0 Å². The van der Waals surface area contributed by atoms with Crippen molar-refractivity contribution in [2.45, 2.75) is 19.0 Å². The SMILES string of the molecule is O=C1NCCN[C@H]1CC(=O)N1CCN(Cc2ccc3c(c2)OCO3)CC1. The maximum absolute atomic E-state index is 12.5. The summed E-state index contributed by atoms with van der Waals surface area (Å²) in [5.74, 6) is 1.56. The van der Waals surface area contributed by atoms with Crippen molar-refractivity contribution in [2.24, 2.45) is 0 Å². The summed E-state index contributed by atoms with van der Waals surface area (Å²) in [6, 6.07) is 5.62. The third-order valence-corrected chi connectivity index (χ3v) is 5.08. The van der Waals surface area contributed by atoms with Crippen molar-refractivity contribution >= 4 is 11.8 Å². The van der Waals surface area contributed by atoms with E-state index in [0.717, 1.165) is 31.1 Å². The monoisotopic (exact) mass is 360 g/mol. The molecule has 2 saturated heterocycles. The summed E-state index contributed by atoms with van der Waals surface area (Å²) in [4.78, 5) is 28.4. The Labute approximate surface area is 152 Å². The highest BCUT2D eigenvalue weighted by atomic mass is 16.7. The van der Waals surface area contributed by atoms with Crippen LogP contribution >= 0.6 is 0 Å². The van der Waals surface area contributed by atoms with E-state index in [2.05, 4.69) is 21.6 Å². The lowest BCUT2D eigenvalue weighted by molar-refractivity contribution is -0.136. The summed E-state index contributed by atoms with van der Waals surface area (Å²) in [5, 5.41) is 5.90. The zero-order valence-corrected chi connectivity index (χ0v) is 14.7. The predicted molar refractivity (Wildman–Crippen MR) is 93.8 cm³/mol. The Hall–Kier alpha value is -2.32. The van der Waals surface area contributed by atoms with Crippen molar-refractivity contribution in [3.05, 3.63) is 23.8 Å². The maximum Gasteiger partial charge on any atom is 0.237 e. The van der Waals surface area contributed by atoms with Gasteiger partial charge in [0.1, 0.15) is 0 Å². The van der Waals surface area contributed by atoms with E-state index in [1.54, 1.807) is 0 Å². The van der Waals surface area contributed by atoms with Crippen molar-refractivity contribution in [3.8, 4) is 11.5 Å². The molecule has 8 heteroatoms. The smallest absolute Gasteiger partial charge is 0.237 e. The summed E-state index contributed by atoms with van der Waals surface area (Å²) in [6.45, 7) is 5.48.